The maximum Gasteiger partial charge on any atom is 0.318 e. The van der Waals surface area contributed by atoms with E-state index in [0.717, 1.165) is 25.0 Å². The molecule has 0 aliphatic heterocycles. The number of nitrogens with zero attached hydrogens (tertiary/aromatic N) is 3. The monoisotopic (exact) mass is 390 g/mol. The third-order valence-electron chi connectivity index (χ3n) is 5.38. The Morgan fingerprint density at radius 1 is 1.21 bits per heavy atom. The van der Waals surface area contributed by atoms with Crippen LogP contribution in [0, 0.1) is 5.92 Å². The molecule has 3 amide bonds. The molecule has 1 aromatic rings. The van der Waals surface area contributed by atoms with Crippen LogP contribution in [0.2, 0.25) is 0 Å². The Bertz CT molecular complexity index is 620. The van der Waals surface area contributed by atoms with Gasteiger partial charge >= 0.3 is 6.03 Å². The molecule has 158 valence electrons. The molecule has 1 fully saturated rings. The van der Waals surface area contributed by atoms with Crippen molar-refractivity contribution in [3.05, 3.63) is 24.0 Å². The van der Waals surface area contributed by atoms with Gasteiger partial charge in [-0.25, -0.2) is 4.79 Å². The number of nitrogens with one attached hydrogen (secondary N) is 1. The lowest BCUT2D eigenvalue weighted by molar-refractivity contribution is -0.133. The van der Waals surface area contributed by atoms with Crippen molar-refractivity contribution in [2.75, 3.05) is 19.6 Å². The minimum Gasteiger partial charge on any atom is -0.353 e. The zero-order valence-electron chi connectivity index (χ0n) is 18.1. The summed E-state index contributed by atoms with van der Waals surface area (Å²) in [5, 5.41) is 3.16. The van der Waals surface area contributed by atoms with Crippen molar-refractivity contribution in [3.63, 3.8) is 0 Å². The first-order valence-electron chi connectivity index (χ1n) is 10.8. The zero-order valence-corrected chi connectivity index (χ0v) is 18.1. The number of amides is 3. The molecular weight excluding hydrogens is 352 g/mol. The van der Waals surface area contributed by atoms with Crippen molar-refractivity contribution in [2.24, 2.45) is 13.0 Å². The van der Waals surface area contributed by atoms with Crippen molar-refractivity contribution in [1.82, 2.24) is 19.7 Å². The summed E-state index contributed by atoms with van der Waals surface area (Å²) in [6.45, 7) is 8.28. The van der Waals surface area contributed by atoms with Crippen LogP contribution >= 0.6 is 0 Å². The van der Waals surface area contributed by atoms with Crippen LogP contribution in [0.3, 0.4) is 0 Å². The standard InChI is InChI=1S/C22H38N4O2/c1-5-13-25(22(28)23-19-10-7-6-8-11-19)17-21(27)26(15-18(2)3)16-20-12-9-14-24(20)4/h9,12,14,18-19H,5-8,10-11,13,15-17H2,1-4H3,(H,23,28). The molecule has 1 N–H and O–H groups in total. The van der Waals surface area contributed by atoms with Gasteiger partial charge in [0.15, 0.2) is 0 Å². The second-order valence-corrected chi connectivity index (χ2v) is 8.48. The fourth-order valence-electron chi connectivity index (χ4n) is 3.85. The molecule has 0 saturated heterocycles. The molecule has 1 aliphatic carbocycles. The highest BCUT2D eigenvalue weighted by Gasteiger charge is 2.24. The van der Waals surface area contributed by atoms with Gasteiger partial charge in [0.1, 0.15) is 6.54 Å². The molecule has 6 nitrogen and oxygen atoms in total. The zero-order chi connectivity index (χ0) is 20.5. The van der Waals surface area contributed by atoms with E-state index < -0.39 is 0 Å². The van der Waals surface area contributed by atoms with Crippen molar-refractivity contribution < 1.29 is 9.59 Å². The number of urea groups is 1. The van der Waals surface area contributed by atoms with E-state index in [-0.39, 0.29) is 24.5 Å². The topological polar surface area (TPSA) is 57.6 Å². The maximum absolute atomic E-state index is 13.1. The maximum atomic E-state index is 13.1. The van der Waals surface area contributed by atoms with E-state index in [9.17, 15) is 9.59 Å². The normalized spacial score (nSPS) is 14.9. The molecule has 0 aromatic carbocycles. The van der Waals surface area contributed by atoms with Crippen molar-refractivity contribution >= 4 is 11.9 Å². The largest absolute Gasteiger partial charge is 0.353 e. The average molecular weight is 391 g/mol. The van der Waals surface area contributed by atoms with Gasteiger partial charge in [-0.05, 0) is 37.3 Å². The molecule has 0 atom stereocenters. The van der Waals surface area contributed by atoms with Crippen molar-refractivity contribution in [3.8, 4) is 0 Å². The quantitative estimate of drug-likeness (QED) is 0.698. The predicted molar refractivity (Wildman–Crippen MR) is 113 cm³/mol. The van der Waals surface area contributed by atoms with Crippen LogP contribution in [-0.4, -0.2) is 52.0 Å². The number of carbonyl (C=O) groups is 2. The Kier molecular flexibility index (Phi) is 8.87. The van der Waals surface area contributed by atoms with Crippen LogP contribution in [0.1, 0.15) is 65.0 Å². The number of aromatic nitrogens is 1. The van der Waals surface area contributed by atoms with E-state index in [0.29, 0.717) is 25.6 Å². The van der Waals surface area contributed by atoms with Crippen molar-refractivity contribution in [2.45, 2.75) is 71.9 Å². The van der Waals surface area contributed by atoms with E-state index in [1.807, 2.05) is 41.8 Å². The van der Waals surface area contributed by atoms with Crippen LogP contribution in [-0.2, 0) is 18.4 Å². The SMILES string of the molecule is CCCN(CC(=O)N(Cc1cccn1C)CC(C)C)C(=O)NC1CCCCC1. The molecule has 28 heavy (non-hydrogen) atoms. The Morgan fingerprint density at radius 3 is 2.50 bits per heavy atom. The number of hydrogen-bond donors (Lipinski definition) is 1. The molecule has 0 spiro atoms. The molecule has 1 saturated carbocycles. The predicted octanol–water partition coefficient (Wildman–Crippen LogP) is 3.76. The lowest BCUT2D eigenvalue weighted by atomic mass is 9.96. The Morgan fingerprint density at radius 2 is 1.93 bits per heavy atom. The summed E-state index contributed by atoms with van der Waals surface area (Å²) in [6, 6.07) is 4.20. The van der Waals surface area contributed by atoms with Crippen LogP contribution in [0.25, 0.3) is 0 Å². The number of hydrogen-bond acceptors (Lipinski definition) is 2. The summed E-state index contributed by atoms with van der Waals surface area (Å²) in [4.78, 5) is 29.5. The molecule has 6 heteroatoms. The second-order valence-electron chi connectivity index (χ2n) is 8.48. The molecule has 0 radical (unpaired) electrons. The Balaban J connectivity index is 2.01. The van der Waals surface area contributed by atoms with E-state index in [1.165, 1.54) is 19.3 Å². The van der Waals surface area contributed by atoms with E-state index in [1.54, 1.807) is 4.90 Å². The van der Waals surface area contributed by atoms with Gasteiger partial charge in [0.25, 0.3) is 0 Å². The number of carbonyl (C=O) groups excluding carboxylic acids is 2. The minimum absolute atomic E-state index is 0.0159. The highest BCUT2D eigenvalue weighted by molar-refractivity contribution is 5.84. The highest BCUT2D eigenvalue weighted by atomic mass is 16.2. The van der Waals surface area contributed by atoms with Crippen molar-refractivity contribution in [1.29, 1.82) is 0 Å². The first-order valence-corrected chi connectivity index (χ1v) is 10.8. The average Bonchev–Trinajstić information content (AvgIpc) is 3.06. The first kappa shape index (κ1) is 22.3. The molecule has 1 aromatic heterocycles. The fourth-order valence-corrected chi connectivity index (χ4v) is 3.85. The summed E-state index contributed by atoms with van der Waals surface area (Å²) in [6.07, 6.45) is 8.54. The molecule has 2 rings (SSSR count). The minimum atomic E-state index is -0.0922. The van der Waals surface area contributed by atoms with Gasteiger partial charge in [-0.15, -0.1) is 0 Å². The summed E-state index contributed by atoms with van der Waals surface area (Å²) in [5.41, 5.74) is 1.10. The van der Waals surface area contributed by atoms with Gasteiger partial charge in [-0.1, -0.05) is 40.0 Å². The van der Waals surface area contributed by atoms with Gasteiger partial charge in [0.05, 0.1) is 6.54 Å². The second kappa shape index (κ2) is 11.1. The van der Waals surface area contributed by atoms with Crippen LogP contribution in [0.5, 0.6) is 0 Å². The first-order chi connectivity index (χ1) is 13.4. The van der Waals surface area contributed by atoms with E-state index in [2.05, 4.69) is 19.2 Å². The van der Waals surface area contributed by atoms with E-state index in [4.69, 9.17) is 0 Å². The van der Waals surface area contributed by atoms with Crippen LogP contribution < -0.4 is 5.32 Å². The van der Waals surface area contributed by atoms with Gasteiger partial charge in [0.2, 0.25) is 5.91 Å². The molecule has 0 unspecified atom stereocenters. The third kappa shape index (κ3) is 6.88. The Labute approximate surface area is 170 Å². The van der Waals surface area contributed by atoms with Gasteiger partial charge in [-0.3, -0.25) is 4.79 Å². The number of aryl methyl sites for hydroxylation is 1. The van der Waals surface area contributed by atoms with Crippen LogP contribution in [0.4, 0.5) is 4.79 Å². The molecule has 1 aliphatic rings. The lowest BCUT2D eigenvalue weighted by Gasteiger charge is -2.31. The third-order valence-corrected chi connectivity index (χ3v) is 5.38. The smallest absolute Gasteiger partial charge is 0.318 e. The highest BCUT2D eigenvalue weighted by Crippen LogP contribution is 2.17. The summed E-state index contributed by atoms with van der Waals surface area (Å²) in [7, 11) is 1.99. The lowest BCUT2D eigenvalue weighted by Crippen LogP contribution is -2.50. The summed E-state index contributed by atoms with van der Waals surface area (Å²) >= 11 is 0. The van der Waals surface area contributed by atoms with Gasteiger partial charge in [0, 0.05) is 38.1 Å². The fraction of sp³-hybridized carbons (Fsp3) is 0.727. The molecule has 1 heterocycles. The van der Waals surface area contributed by atoms with Gasteiger partial charge in [-0.2, -0.15) is 0 Å². The summed E-state index contributed by atoms with van der Waals surface area (Å²) < 4.78 is 2.04. The van der Waals surface area contributed by atoms with Crippen LogP contribution in [0.15, 0.2) is 18.3 Å². The molecule has 0 bridgehead atoms. The number of rotatable bonds is 9. The molecular formula is C22H38N4O2. The summed E-state index contributed by atoms with van der Waals surface area (Å²) in [5.74, 6) is 0.391. The van der Waals surface area contributed by atoms with Gasteiger partial charge < -0.3 is 19.7 Å². The van der Waals surface area contributed by atoms with E-state index >= 15 is 0 Å². The Hall–Kier alpha value is -1.98.